The summed E-state index contributed by atoms with van der Waals surface area (Å²) in [5.41, 5.74) is 9.18. The first-order chi connectivity index (χ1) is 5.83. The van der Waals surface area contributed by atoms with Crippen molar-refractivity contribution in [3.05, 3.63) is 34.4 Å². The average molecular weight is 165 g/mol. The molecule has 5 nitrogen and oxygen atoms in total. The fourth-order valence-electron chi connectivity index (χ4n) is 0.871. The summed E-state index contributed by atoms with van der Waals surface area (Å²) in [5.74, 6) is 0. The molecule has 0 bridgehead atoms. The number of allylic oxidation sites excluding steroid dienone is 2. The minimum atomic E-state index is 0.0687. The van der Waals surface area contributed by atoms with E-state index in [0.29, 0.717) is 6.67 Å². The molecule has 0 aromatic heterocycles. The Labute approximate surface area is 70.8 Å². The molecule has 1 heterocycles. The summed E-state index contributed by atoms with van der Waals surface area (Å²) in [6.07, 6.45) is 5.96. The molecule has 0 saturated heterocycles. The molecule has 0 amide bonds. The van der Waals surface area contributed by atoms with Gasteiger partial charge in [-0.1, -0.05) is 11.2 Å². The maximum Gasteiger partial charge on any atom is 0.0960 e. The zero-order valence-corrected chi connectivity index (χ0v) is 6.86. The predicted octanol–water partition coefficient (Wildman–Crippen LogP) is 1.23. The zero-order chi connectivity index (χ0) is 8.81. The third-order valence-corrected chi connectivity index (χ3v) is 1.49. The number of azide groups is 1. The Bertz CT molecular complexity index is 249. The van der Waals surface area contributed by atoms with Gasteiger partial charge in [-0.3, -0.25) is 5.32 Å². The third kappa shape index (κ3) is 2.65. The van der Waals surface area contributed by atoms with E-state index in [2.05, 4.69) is 20.7 Å². The summed E-state index contributed by atoms with van der Waals surface area (Å²) in [5, 5.41) is 9.42. The molecule has 0 aromatic rings. The number of rotatable bonds is 3. The molecule has 1 rings (SSSR count). The number of nitrogens with one attached hydrogen (secondary N) is 2. The molecule has 1 atom stereocenters. The van der Waals surface area contributed by atoms with Crippen molar-refractivity contribution >= 4 is 0 Å². The van der Waals surface area contributed by atoms with Crippen LogP contribution in [0.15, 0.2) is 29.0 Å². The summed E-state index contributed by atoms with van der Waals surface area (Å²) in [6.45, 7) is 2.30. The molecule has 0 spiro atoms. The Kier molecular flexibility index (Phi) is 3.19. The quantitative estimate of drug-likeness (QED) is 0.375. The summed E-state index contributed by atoms with van der Waals surface area (Å²) in [6, 6.07) is 0. The highest BCUT2D eigenvalue weighted by Gasteiger charge is 2.02. The predicted molar refractivity (Wildman–Crippen MR) is 47.0 cm³/mol. The highest BCUT2D eigenvalue weighted by molar-refractivity contribution is 5.21. The van der Waals surface area contributed by atoms with Gasteiger partial charge in [0.15, 0.2) is 0 Å². The second-order valence-electron chi connectivity index (χ2n) is 2.48. The lowest BCUT2D eigenvalue weighted by molar-refractivity contribution is 0.553. The van der Waals surface area contributed by atoms with Crippen LogP contribution in [0, 0.1) is 0 Å². The minimum absolute atomic E-state index is 0.0687. The first kappa shape index (κ1) is 8.64. The maximum atomic E-state index is 8.01. The van der Waals surface area contributed by atoms with E-state index in [1.165, 1.54) is 5.57 Å². The maximum absolute atomic E-state index is 8.01. The van der Waals surface area contributed by atoms with E-state index in [9.17, 15) is 0 Å². The van der Waals surface area contributed by atoms with Crippen LogP contribution >= 0.6 is 0 Å². The Hall–Kier alpha value is -1.45. The number of nitrogens with zero attached hydrogens (tertiary/aromatic N) is 3. The van der Waals surface area contributed by atoms with E-state index in [1.807, 2.05) is 25.3 Å². The minimum Gasteiger partial charge on any atom is -0.372 e. The van der Waals surface area contributed by atoms with E-state index >= 15 is 0 Å². The third-order valence-electron chi connectivity index (χ3n) is 1.49. The van der Waals surface area contributed by atoms with E-state index in [-0.39, 0.29) is 6.17 Å². The first-order valence-corrected chi connectivity index (χ1v) is 3.68. The van der Waals surface area contributed by atoms with Crippen LogP contribution in [0.5, 0.6) is 0 Å². The second kappa shape index (κ2) is 4.43. The standard InChI is InChI=1S/C7H11N5/c1-6-2-3-7(9-4-6)10-5-11-12-8/h2-4,7,9-10H,5H2,1H3. The largest absolute Gasteiger partial charge is 0.372 e. The fourth-order valence-corrected chi connectivity index (χ4v) is 0.871. The Balaban J connectivity index is 2.29. The highest BCUT2D eigenvalue weighted by atomic mass is 15.2. The average Bonchev–Trinajstić information content (AvgIpc) is 2.09. The molecule has 1 unspecified atom stereocenters. The van der Waals surface area contributed by atoms with Gasteiger partial charge in [0.2, 0.25) is 0 Å². The van der Waals surface area contributed by atoms with Crippen LogP contribution in [0.1, 0.15) is 6.92 Å². The molecule has 0 aliphatic carbocycles. The molecule has 64 valence electrons. The molecule has 1 aliphatic rings. The van der Waals surface area contributed by atoms with Gasteiger partial charge >= 0.3 is 0 Å². The summed E-state index contributed by atoms with van der Waals surface area (Å²) < 4.78 is 0. The van der Waals surface area contributed by atoms with Crippen molar-refractivity contribution in [2.24, 2.45) is 5.11 Å². The lowest BCUT2D eigenvalue weighted by Gasteiger charge is -2.17. The van der Waals surface area contributed by atoms with Crippen LogP contribution in [0.3, 0.4) is 0 Å². The molecular weight excluding hydrogens is 154 g/mol. The van der Waals surface area contributed by atoms with Crippen LogP contribution in [-0.4, -0.2) is 12.8 Å². The topological polar surface area (TPSA) is 72.8 Å². The lowest BCUT2D eigenvalue weighted by Crippen LogP contribution is -2.39. The molecular formula is C7H11N5. The highest BCUT2D eigenvalue weighted by Crippen LogP contribution is 1.99. The van der Waals surface area contributed by atoms with Gasteiger partial charge in [-0.15, -0.1) is 0 Å². The van der Waals surface area contributed by atoms with Gasteiger partial charge in [-0.25, -0.2) is 0 Å². The SMILES string of the molecule is CC1=CNC(NCN=[N+]=[N-])C=C1. The Morgan fingerprint density at radius 2 is 2.67 bits per heavy atom. The summed E-state index contributed by atoms with van der Waals surface area (Å²) in [7, 11) is 0. The second-order valence-corrected chi connectivity index (χ2v) is 2.48. The van der Waals surface area contributed by atoms with Gasteiger partial charge in [0.1, 0.15) is 0 Å². The summed E-state index contributed by atoms with van der Waals surface area (Å²) in [4.78, 5) is 2.63. The molecule has 0 aromatic carbocycles. The molecule has 0 radical (unpaired) electrons. The molecule has 5 heteroatoms. The molecule has 1 aliphatic heterocycles. The van der Waals surface area contributed by atoms with Crippen molar-refractivity contribution < 1.29 is 0 Å². The van der Waals surface area contributed by atoms with E-state index in [0.717, 1.165) is 0 Å². The smallest absolute Gasteiger partial charge is 0.0960 e. The lowest BCUT2D eigenvalue weighted by atomic mass is 10.2. The van der Waals surface area contributed by atoms with Crippen LogP contribution < -0.4 is 10.6 Å². The molecule has 0 fully saturated rings. The van der Waals surface area contributed by atoms with Crippen LogP contribution in [-0.2, 0) is 0 Å². The van der Waals surface area contributed by atoms with Crippen molar-refractivity contribution in [2.75, 3.05) is 6.67 Å². The number of hydrogen-bond acceptors (Lipinski definition) is 3. The van der Waals surface area contributed by atoms with Crippen molar-refractivity contribution in [2.45, 2.75) is 13.1 Å². The van der Waals surface area contributed by atoms with E-state index in [4.69, 9.17) is 5.53 Å². The van der Waals surface area contributed by atoms with Crippen molar-refractivity contribution in [3.8, 4) is 0 Å². The first-order valence-electron chi connectivity index (χ1n) is 3.68. The van der Waals surface area contributed by atoms with Crippen LogP contribution in [0.2, 0.25) is 0 Å². The van der Waals surface area contributed by atoms with Gasteiger partial charge in [-0.05, 0) is 24.1 Å². The van der Waals surface area contributed by atoms with Crippen LogP contribution in [0.4, 0.5) is 0 Å². The number of hydrogen-bond donors (Lipinski definition) is 2. The Morgan fingerprint density at radius 1 is 1.83 bits per heavy atom. The normalized spacial score (nSPS) is 20.8. The molecule has 2 N–H and O–H groups in total. The van der Waals surface area contributed by atoms with Gasteiger partial charge < -0.3 is 5.32 Å². The van der Waals surface area contributed by atoms with Crippen LogP contribution in [0.25, 0.3) is 10.4 Å². The van der Waals surface area contributed by atoms with Crippen molar-refractivity contribution in [1.29, 1.82) is 0 Å². The zero-order valence-electron chi connectivity index (χ0n) is 6.86. The van der Waals surface area contributed by atoms with Gasteiger partial charge in [0.05, 0.1) is 12.8 Å². The van der Waals surface area contributed by atoms with Gasteiger partial charge in [-0.2, -0.15) is 0 Å². The van der Waals surface area contributed by atoms with Crippen molar-refractivity contribution in [3.63, 3.8) is 0 Å². The van der Waals surface area contributed by atoms with Crippen molar-refractivity contribution in [1.82, 2.24) is 10.6 Å². The monoisotopic (exact) mass is 165 g/mol. The van der Waals surface area contributed by atoms with Gasteiger partial charge in [0, 0.05) is 11.1 Å². The van der Waals surface area contributed by atoms with E-state index < -0.39 is 0 Å². The fraction of sp³-hybridized carbons (Fsp3) is 0.429. The molecule has 12 heavy (non-hydrogen) atoms. The molecule has 0 saturated carbocycles. The van der Waals surface area contributed by atoms with Gasteiger partial charge in [0.25, 0.3) is 0 Å². The van der Waals surface area contributed by atoms with E-state index in [1.54, 1.807) is 0 Å². The Morgan fingerprint density at radius 3 is 3.25 bits per heavy atom. The number of dihydropyridines is 1. The summed E-state index contributed by atoms with van der Waals surface area (Å²) >= 11 is 0.